The van der Waals surface area contributed by atoms with E-state index >= 15 is 0 Å². The lowest BCUT2D eigenvalue weighted by atomic mass is 9.95. The summed E-state index contributed by atoms with van der Waals surface area (Å²) in [6, 6.07) is 62.3. The lowest BCUT2D eigenvalue weighted by Crippen LogP contribution is -2.01. The predicted octanol–water partition coefficient (Wildman–Crippen LogP) is 12.9. The summed E-state index contributed by atoms with van der Waals surface area (Å²) in [7, 11) is 0. The van der Waals surface area contributed by atoms with Crippen LogP contribution in [0, 0.1) is 29.2 Å². The molecular weight excluding hydrogens is 697 g/mol. The van der Waals surface area contributed by atoms with Gasteiger partial charge in [-0.1, -0.05) is 109 Å². The van der Waals surface area contributed by atoms with Gasteiger partial charge in [-0.3, -0.25) is 0 Å². The molecule has 0 atom stereocenters. The Balaban J connectivity index is 1.23. The molecule has 0 unspecified atom stereocenters. The van der Waals surface area contributed by atoms with Crippen LogP contribution in [0.1, 0.15) is 11.1 Å². The zero-order valence-corrected chi connectivity index (χ0v) is 30.3. The Hall–Kier alpha value is -8.37. The molecule has 0 aliphatic rings. The second kappa shape index (κ2) is 12.3. The predicted molar refractivity (Wildman–Crippen MR) is 231 cm³/mol. The van der Waals surface area contributed by atoms with Gasteiger partial charge in [-0.25, -0.2) is 4.85 Å². The van der Waals surface area contributed by atoms with Gasteiger partial charge >= 0.3 is 0 Å². The van der Waals surface area contributed by atoms with Crippen LogP contribution in [0.25, 0.3) is 98.5 Å². The van der Waals surface area contributed by atoms with Crippen molar-refractivity contribution in [3.63, 3.8) is 0 Å². The Bertz CT molecular complexity index is 3560. The number of aromatic nitrogens is 3. The number of hydrogen-bond acceptors (Lipinski definition) is 2. The van der Waals surface area contributed by atoms with Crippen molar-refractivity contribution in [2.75, 3.05) is 0 Å². The van der Waals surface area contributed by atoms with Crippen LogP contribution in [0.4, 0.5) is 5.69 Å². The number of fused-ring (bicyclic) bond motifs is 10. The molecule has 0 spiro atoms. The molecule has 3 heterocycles. The van der Waals surface area contributed by atoms with E-state index in [2.05, 4.69) is 128 Å². The molecule has 0 fully saturated rings. The molecule has 0 radical (unpaired) electrons. The molecule has 8 aromatic carbocycles. The van der Waals surface area contributed by atoms with E-state index in [0.29, 0.717) is 33.6 Å². The maximum Gasteiger partial charge on any atom is 0.211 e. The SMILES string of the molecule is [C-]#[N+]c1ccc(-c2cc(C#N)cc(-n3c4ccccc4c4ccccc43)c2)c(C#N)c1-n1c2ccccc2c2c1ccc1c3ccccc3n(-c3ccccc3)c12. The zero-order chi connectivity index (χ0) is 38.2. The number of hydrogen-bond donors (Lipinski definition) is 0. The van der Waals surface area contributed by atoms with Crippen molar-refractivity contribution in [3.05, 3.63) is 192 Å². The minimum atomic E-state index is 0.359. The fourth-order valence-electron chi connectivity index (χ4n) is 9.01. The van der Waals surface area contributed by atoms with E-state index in [1.807, 2.05) is 66.7 Å². The monoisotopic (exact) mass is 724 g/mol. The molecule has 57 heavy (non-hydrogen) atoms. The molecule has 0 aliphatic heterocycles. The van der Waals surface area contributed by atoms with Crippen molar-refractivity contribution < 1.29 is 0 Å². The van der Waals surface area contributed by atoms with Gasteiger partial charge in [0.15, 0.2) is 0 Å². The van der Waals surface area contributed by atoms with Crippen LogP contribution in [0.3, 0.4) is 0 Å². The molecule has 6 heteroatoms. The zero-order valence-electron chi connectivity index (χ0n) is 30.3. The summed E-state index contributed by atoms with van der Waals surface area (Å²) in [5.41, 5.74) is 10.9. The van der Waals surface area contributed by atoms with Crippen molar-refractivity contribution in [2.45, 2.75) is 0 Å². The first-order valence-electron chi connectivity index (χ1n) is 18.7. The topological polar surface area (TPSA) is 66.7 Å². The van der Waals surface area contributed by atoms with Gasteiger partial charge in [0.25, 0.3) is 0 Å². The van der Waals surface area contributed by atoms with E-state index in [9.17, 15) is 10.5 Å². The first-order valence-corrected chi connectivity index (χ1v) is 18.7. The highest BCUT2D eigenvalue weighted by Gasteiger charge is 2.25. The minimum Gasteiger partial charge on any atom is -0.318 e. The number of rotatable bonds is 4. The highest BCUT2D eigenvalue weighted by Crippen LogP contribution is 2.45. The highest BCUT2D eigenvalue weighted by atomic mass is 15.0. The second-order valence-electron chi connectivity index (χ2n) is 14.2. The second-order valence-corrected chi connectivity index (χ2v) is 14.2. The third kappa shape index (κ3) is 4.55. The summed E-state index contributed by atoms with van der Waals surface area (Å²) < 4.78 is 6.60. The highest BCUT2D eigenvalue weighted by molar-refractivity contribution is 6.26. The molecule has 0 amide bonds. The van der Waals surface area contributed by atoms with Crippen LogP contribution in [-0.4, -0.2) is 13.7 Å². The van der Waals surface area contributed by atoms with Crippen molar-refractivity contribution in [1.82, 2.24) is 13.7 Å². The van der Waals surface area contributed by atoms with Crippen LogP contribution in [0.2, 0.25) is 0 Å². The van der Waals surface area contributed by atoms with Crippen LogP contribution in [0.15, 0.2) is 170 Å². The van der Waals surface area contributed by atoms with Crippen LogP contribution in [0.5, 0.6) is 0 Å². The van der Waals surface area contributed by atoms with Gasteiger partial charge in [0.2, 0.25) is 5.69 Å². The third-order valence-electron chi connectivity index (χ3n) is 11.3. The van der Waals surface area contributed by atoms with Gasteiger partial charge in [0.05, 0.1) is 62.6 Å². The van der Waals surface area contributed by atoms with Crippen molar-refractivity contribution in [3.8, 4) is 40.3 Å². The van der Waals surface area contributed by atoms with E-state index in [1.165, 1.54) is 0 Å². The first kappa shape index (κ1) is 32.1. The van der Waals surface area contributed by atoms with Crippen LogP contribution < -0.4 is 0 Å². The largest absolute Gasteiger partial charge is 0.318 e. The number of benzene rings is 8. The molecular formula is C51H28N6. The number of para-hydroxylation sites is 5. The average molecular weight is 725 g/mol. The Morgan fingerprint density at radius 3 is 1.67 bits per heavy atom. The summed E-state index contributed by atoms with van der Waals surface area (Å²) in [5, 5.41) is 28.1. The van der Waals surface area contributed by atoms with Gasteiger partial charge < -0.3 is 13.7 Å². The van der Waals surface area contributed by atoms with Crippen LogP contribution in [-0.2, 0) is 0 Å². The van der Waals surface area contributed by atoms with E-state index < -0.39 is 0 Å². The third-order valence-corrected chi connectivity index (χ3v) is 11.3. The summed E-state index contributed by atoms with van der Waals surface area (Å²) >= 11 is 0. The minimum absolute atomic E-state index is 0.359. The molecule has 0 bridgehead atoms. The van der Waals surface area contributed by atoms with E-state index in [1.54, 1.807) is 6.07 Å². The summed E-state index contributed by atoms with van der Waals surface area (Å²) in [6.07, 6.45) is 0. The molecule has 11 rings (SSSR count). The maximum atomic E-state index is 11.2. The molecule has 0 saturated carbocycles. The van der Waals surface area contributed by atoms with Gasteiger partial charge in [-0.2, -0.15) is 10.5 Å². The molecule has 11 aromatic rings. The van der Waals surface area contributed by atoms with E-state index in [4.69, 9.17) is 6.57 Å². The lowest BCUT2D eigenvalue weighted by Gasteiger charge is -2.17. The molecule has 262 valence electrons. The Morgan fingerprint density at radius 1 is 0.456 bits per heavy atom. The molecule has 0 N–H and O–H groups in total. The standard InChI is InChI=1S/C51H28N6/c1-54-43-25-23-36(33-27-32(30-52)28-35(29-33)55-44-19-9-5-15-37(44)38-16-6-10-20-45(38)55)42(31-53)50(43)57-47-22-12-8-18-41(47)49-48(57)26-24-40-39-17-7-11-21-46(39)56(51(40)49)34-13-3-2-4-14-34/h2-29H. The fraction of sp³-hybridized carbons (Fsp3) is 0. The summed E-state index contributed by atoms with van der Waals surface area (Å²) in [5.74, 6) is 0. The molecule has 3 aromatic heterocycles. The molecule has 0 saturated heterocycles. The number of nitrogens with zero attached hydrogens (tertiary/aromatic N) is 6. The normalized spacial score (nSPS) is 11.5. The summed E-state index contributed by atoms with van der Waals surface area (Å²) in [6.45, 7) is 8.40. The van der Waals surface area contributed by atoms with Crippen molar-refractivity contribution >= 4 is 71.1 Å². The van der Waals surface area contributed by atoms with E-state index in [-0.39, 0.29) is 0 Å². The Labute approximate surface area is 326 Å². The van der Waals surface area contributed by atoms with Crippen molar-refractivity contribution in [1.29, 1.82) is 10.5 Å². The van der Waals surface area contributed by atoms with Gasteiger partial charge in [-0.05, 0) is 71.8 Å². The molecule has 0 aliphatic carbocycles. The number of nitriles is 2. The fourth-order valence-corrected chi connectivity index (χ4v) is 9.01. The van der Waals surface area contributed by atoms with Gasteiger partial charge in [0, 0.05) is 43.7 Å². The first-order chi connectivity index (χ1) is 28.2. The Kier molecular flexibility index (Phi) is 6.95. The smallest absolute Gasteiger partial charge is 0.211 e. The maximum absolute atomic E-state index is 11.2. The van der Waals surface area contributed by atoms with Gasteiger partial charge in [-0.15, -0.1) is 0 Å². The summed E-state index contributed by atoms with van der Waals surface area (Å²) in [4.78, 5) is 4.02. The van der Waals surface area contributed by atoms with E-state index in [0.717, 1.165) is 76.8 Å². The lowest BCUT2D eigenvalue weighted by molar-refractivity contribution is 1.17. The van der Waals surface area contributed by atoms with Crippen molar-refractivity contribution in [2.24, 2.45) is 0 Å². The molecule has 6 nitrogen and oxygen atoms in total. The Morgan fingerprint density at radius 2 is 1.04 bits per heavy atom. The average Bonchev–Trinajstić information content (AvgIpc) is 3.91. The van der Waals surface area contributed by atoms with Gasteiger partial charge in [0.1, 0.15) is 6.07 Å². The van der Waals surface area contributed by atoms with Crippen LogP contribution >= 0.6 is 0 Å². The quantitative estimate of drug-likeness (QED) is 0.170.